The second kappa shape index (κ2) is 7.09. The first kappa shape index (κ1) is 16.0. The molecular formula is C15H20ClIN2O. The highest BCUT2D eigenvalue weighted by Crippen LogP contribution is 2.21. The number of rotatable bonds is 4. The Morgan fingerprint density at radius 2 is 2.30 bits per heavy atom. The van der Waals surface area contributed by atoms with E-state index in [1.54, 1.807) is 6.07 Å². The minimum absolute atomic E-state index is 0.0475. The largest absolute Gasteiger partial charge is 0.340 e. The van der Waals surface area contributed by atoms with E-state index in [2.05, 4.69) is 34.4 Å². The van der Waals surface area contributed by atoms with Crippen molar-refractivity contribution in [2.75, 3.05) is 26.7 Å². The Morgan fingerprint density at radius 3 is 2.95 bits per heavy atom. The Bertz CT molecular complexity index is 495. The van der Waals surface area contributed by atoms with Gasteiger partial charge in [0.05, 0.1) is 5.02 Å². The molecule has 3 nitrogen and oxygen atoms in total. The number of hydrogen-bond donors (Lipinski definition) is 0. The van der Waals surface area contributed by atoms with Crippen molar-refractivity contribution in [2.45, 2.75) is 25.8 Å². The van der Waals surface area contributed by atoms with Gasteiger partial charge in [0, 0.05) is 28.8 Å². The van der Waals surface area contributed by atoms with Crippen molar-refractivity contribution in [2.24, 2.45) is 0 Å². The fourth-order valence-corrected chi connectivity index (χ4v) is 3.28. The second-order valence-electron chi connectivity index (χ2n) is 5.24. The standard InChI is InChI=1S/C15H20ClIN2O/c1-3-19-8-4-5-12(19)10-18(2)15(20)11-6-7-14(17)13(16)9-11/h6-7,9,12H,3-5,8,10H2,1-2H3. The van der Waals surface area contributed by atoms with Crippen LogP contribution in [0.4, 0.5) is 0 Å². The molecule has 1 saturated heterocycles. The van der Waals surface area contributed by atoms with E-state index in [-0.39, 0.29) is 5.91 Å². The molecule has 1 aromatic carbocycles. The lowest BCUT2D eigenvalue weighted by Crippen LogP contribution is -2.41. The Morgan fingerprint density at radius 1 is 1.55 bits per heavy atom. The molecule has 0 aromatic heterocycles. The van der Waals surface area contributed by atoms with Crippen LogP contribution in [0.5, 0.6) is 0 Å². The fourth-order valence-electron chi connectivity index (χ4n) is 2.77. The fraction of sp³-hybridized carbons (Fsp3) is 0.533. The molecule has 20 heavy (non-hydrogen) atoms. The van der Waals surface area contributed by atoms with Crippen molar-refractivity contribution in [1.82, 2.24) is 9.80 Å². The maximum Gasteiger partial charge on any atom is 0.253 e. The van der Waals surface area contributed by atoms with Gasteiger partial charge < -0.3 is 4.90 Å². The van der Waals surface area contributed by atoms with Crippen molar-refractivity contribution in [1.29, 1.82) is 0 Å². The van der Waals surface area contributed by atoms with Crippen LogP contribution >= 0.6 is 34.2 Å². The predicted octanol–water partition coefficient (Wildman–Crippen LogP) is 3.50. The molecule has 1 aliphatic rings. The van der Waals surface area contributed by atoms with Gasteiger partial charge in [-0.15, -0.1) is 0 Å². The van der Waals surface area contributed by atoms with E-state index >= 15 is 0 Å². The van der Waals surface area contributed by atoms with Crippen LogP contribution in [0.25, 0.3) is 0 Å². The van der Waals surface area contributed by atoms with Gasteiger partial charge in [-0.2, -0.15) is 0 Å². The lowest BCUT2D eigenvalue weighted by Gasteiger charge is -2.27. The zero-order chi connectivity index (χ0) is 14.7. The smallest absolute Gasteiger partial charge is 0.253 e. The molecular weight excluding hydrogens is 387 g/mol. The van der Waals surface area contributed by atoms with Gasteiger partial charge in [-0.1, -0.05) is 18.5 Å². The third-order valence-corrected chi connectivity index (χ3v) is 5.48. The summed E-state index contributed by atoms with van der Waals surface area (Å²) in [5.41, 5.74) is 0.666. The van der Waals surface area contributed by atoms with Crippen LogP contribution in [-0.2, 0) is 0 Å². The van der Waals surface area contributed by atoms with Gasteiger partial charge in [0.25, 0.3) is 5.91 Å². The molecule has 1 heterocycles. The van der Waals surface area contributed by atoms with Crippen LogP contribution in [0.1, 0.15) is 30.1 Å². The Hall–Kier alpha value is -0.330. The molecule has 5 heteroatoms. The summed E-state index contributed by atoms with van der Waals surface area (Å²) in [6.07, 6.45) is 2.41. The Labute approximate surface area is 139 Å². The normalized spacial score (nSPS) is 19.3. The predicted molar refractivity (Wildman–Crippen MR) is 91.4 cm³/mol. The van der Waals surface area contributed by atoms with Gasteiger partial charge in [0.1, 0.15) is 0 Å². The molecule has 1 aromatic rings. The number of nitrogens with zero attached hydrogens (tertiary/aromatic N) is 2. The lowest BCUT2D eigenvalue weighted by atomic mass is 10.1. The molecule has 2 rings (SSSR count). The SMILES string of the molecule is CCN1CCCC1CN(C)C(=O)c1ccc(I)c(Cl)c1. The van der Waals surface area contributed by atoms with Crippen molar-refractivity contribution in [3.05, 3.63) is 32.4 Å². The third-order valence-electron chi connectivity index (χ3n) is 3.90. The minimum atomic E-state index is 0.0475. The molecule has 0 saturated carbocycles. The van der Waals surface area contributed by atoms with Gasteiger partial charge in [0.2, 0.25) is 0 Å². The molecule has 1 atom stereocenters. The molecule has 0 spiro atoms. The number of halogens is 2. The van der Waals surface area contributed by atoms with Gasteiger partial charge in [0.15, 0.2) is 0 Å². The molecule has 110 valence electrons. The lowest BCUT2D eigenvalue weighted by molar-refractivity contribution is 0.0754. The van der Waals surface area contributed by atoms with E-state index in [4.69, 9.17) is 11.6 Å². The van der Waals surface area contributed by atoms with Crippen LogP contribution in [0, 0.1) is 3.57 Å². The van der Waals surface area contributed by atoms with Gasteiger partial charge in [-0.25, -0.2) is 0 Å². The van der Waals surface area contributed by atoms with Crippen molar-refractivity contribution in [3.8, 4) is 0 Å². The number of benzene rings is 1. The molecule has 1 amide bonds. The maximum absolute atomic E-state index is 12.4. The average molecular weight is 407 g/mol. The monoisotopic (exact) mass is 406 g/mol. The average Bonchev–Trinajstić information content (AvgIpc) is 2.88. The van der Waals surface area contributed by atoms with Crippen LogP contribution in [0.3, 0.4) is 0 Å². The van der Waals surface area contributed by atoms with E-state index in [0.29, 0.717) is 16.6 Å². The summed E-state index contributed by atoms with van der Waals surface area (Å²) in [6.45, 7) is 5.18. The molecule has 0 N–H and O–H groups in total. The molecule has 1 fully saturated rings. The zero-order valence-corrected chi connectivity index (χ0v) is 14.8. The summed E-state index contributed by atoms with van der Waals surface area (Å²) in [5.74, 6) is 0.0475. The Kier molecular flexibility index (Phi) is 5.69. The highest BCUT2D eigenvalue weighted by atomic mass is 127. The number of likely N-dealkylation sites (N-methyl/N-ethyl adjacent to an activating group) is 2. The summed E-state index contributed by atoms with van der Waals surface area (Å²) in [7, 11) is 1.88. The number of amides is 1. The van der Waals surface area contributed by atoms with Crippen molar-refractivity contribution >= 4 is 40.1 Å². The van der Waals surface area contributed by atoms with Gasteiger partial charge in [-0.05, 0) is 66.7 Å². The van der Waals surface area contributed by atoms with E-state index < -0.39 is 0 Å². The first-order chi connectivity index (χ1) is 9.52. The van der Waals surface area contributed by atoms with E-state index in [1.165, 1.54) is 12.8 Å². The summed E-state index contributed by atoms with van der Waals surface area (Å²) >= 11 is 8.26. The summed E-state index contributed by atoms with van der Waals surface area (Å²) < 4.78 is 0.969. The van der Waals surface area contributed by atoms with Gasteiger partial charge >= 0.3 is 0 Å². The molecule has 0 bridgehead atoms. The molecule has 0 aliphatic carbocycles. The number of hydrogen-bond acceptors (Lipinski definition) is 2. The first-order valence-electron chi connectivity index (χ1n) is 6.97. The van der Waals surface area contributed by atoms with Crippen molar-refractivity contribution in [3.63, 3.8) is 0 Å². The topological polar surface area (TPSA) is 23.6 Å². The molecule has 1 unspecified atom stereocenters. The van der Waals surface area contributed by atoms with Crippen LogP contribution in [-0.4, -0.2) is 48.4 Å². The summed E-state index contributed by atoms with van der Waals surface area (Å²) in [6, 6.07) is 5.98. The maximum atomic E-state index is 12.4. The van der Waals surface area contributed by atoms with Gasteiger partial charge in [-0.3, -0.25) is 9.69 Å². The van der Waals surface area contributed by atoms with Crippen LogP contribution < -0.4 is 0 Å². The summed E-state index contributed by atoms with van der Waals surface area (Å²) in [4.78, 5) is 16.7. The zero-order valence-electron chi connectivity index (χ0n) is 11.9. The number of carbonyl (C=O) groups excluding carboxylic acids is 1. The van der Waals surface area contributed by atoms with Crippen molar-refractivity contribution < 1.29 is 4.79 Å². The van der Waals surface area contributed by atoms with E-state index in [1.807, 2.05) is 24.1 Å². The third kappa shape index (κ3) is 3.65. The molecule has 1 aliphatic heterocycles. The second-order valence-corrected chi connectivity index (χ2v) is 6.81. The highest BCUT2D eigenvalue weighted by Gasteiger charge is 2.25. The van der Waals surface area contributed by atoms with Crippen LogP contribution in [0.2, 0.25) is 5.02 Å². The minimum Gasteiger partial charge on any atom is -0.340 e. The van der Waals surface area contributed by atoms with Crippen LogP contribution in [0.15, 0.2) is 18.2 Å². The molecule has 0 radical (unpaired) electrons. The van der Waals surface area contributed by atoms with E-state index in [9.17, 15) is 4.79 Å². The number of likely N-dealkylation sites (tertiary alicyclic amines) is 1. The Balaban J connectivity index is 2.03. The quantitative estimate of drug-likeness (QED) is 0.715. The summed E-state index contributed by atoms with van der Waals surface area (Å²) in [5, 5.41) is 0.640. The first-order valence-corrected chi connectivity index (χ1v) is 8.43. The highest BCUT2D eigenvalue weighted by molar-refractivity contribution is 14.1. The number of carbonyl (C=O) groups is 1. The van der Waals surface area contributed by atoms with E-state index in [0.717, 1.165) is 23.2 Å².